The molecule has 0 aromatic carbocycles. The van der Waals surface area contributed by atoms with Crippen molar-refractivity contribution >= 4 is 11.6 Å². The predicted octanol–water partition coefficient (Wildman–Crippen LogP) is 1.93. The van der Waals surface area contributed by atoms with Gasteiger partial charge in [-0.05, 0) is 38.0 Å². The molecule has 0 spiro atoms. The molecule has 2 bridgehead atoms. The molecule has 2 aliphatic carbocycles. The summed E-state index contributed by atoms with van der Waals surface area (Å²) < 4.78 is 0. The minimum absolute atomic E-state index is 0.0764. The van der Waals surface area contributed by atoms with Crippen LogP contribution >= 0.6 is 0 Å². The molecule has 1 N–H and O–H groups in total. The van der Waals surface area contributed by atoms with Gasteiger partial charge in [0.25, 0.3) is 0 Å². The van der Waals surface area contributed by atoms with Gasteiger partial charge in [0.1, 0.15) is 0 Å². The Kier molecular flexibility index (Phi) is 2.57. The second-order valence-electron chi connectivity index (χ2n) is 4.70. The van der Waals surface area contributed by atoms with Crippen molar-refractivity contribution in [2.45, 2.75) is 39.5 Å². The topological polar surface area (TPSA) is 41.5 Å². The van der Waals surface area contributed by atoms with E-state index >= 15 is 0 Å². The fourth-order valence-electron chi connectivity index (χ4n) is 3.01. The maximum absolute atomic E-state index is 10.7. The third-order valence-electron chi connectivity index (χ3n) is 3.66. The van der Waals surface area contributed by atoms with E-state index < -0.39 is 0 Å². The lowest BCUT2D eigenvalue weighted by molar-refractivity contribution is -0.118. The normalized spacial score (nSPS) is 36.1. The molecular formula is C11H18N2O. The van der Waals surface area contributed by atoms with Crippen molar-refractivity contribution in [2.75, 3.05) is 0 Å². The van der Waals surface area contributed by atoms with Crippen molar-refractivity contribution in [1.82, 2.24) is 5.43 Å². The molecule has 2 fully saturated rings. The van der Waals surface area contributed by atoms with Gasteiger partial charge in [-0.2, -0.15) is 5.10 Å². The lowest BCUT2D eigenvalue weighted by atomic mass is 9.86. The lowest BCUT2D eigenvalue weighted by Crippen LogP contribution is -2.23. The van der Waals surface area contributed by atoms with E-state index in [0.29, 0.717) is 5.92 Å². The third-order valence-corrected chi connectivity index (χ3v) is 3.66. The average molecular weight is 194 g/mol. The van der Waals surface area contributed by atoms with Crippen molar-refractivity contribution in [1.29, 1.82) is 0 Å². The largest absolute Gasteiger partial charge is 0.274 e. The van der Waals surface area contributed by atoms with Crippen LogP contribution in [-0.4, -0.2) is 11.6 Å². The van der Waals surface area contributed by atoms with Gasteiger partial charge in [0.2, 0.25) is 5.91 Å². The molecule has 0 radical (unpaired) electrons. The highest BCUT2D eigenvalue weighted by Gasteiger charge is 2.40. The fourth-order valence-corrected chi connectivity index (χ4v) is 3.01. The van der Waals surface area contributed by atoms with E-state index in [4.69, 9.17) is 0 Å². The van der Waals surface area contributed by atoms with Gasteiger partial charge in [-0.15, -0.1) is 0 Å². The molecule has 14 heavy (non-hydrogen) atoms. The van der Waals surface area contributed by atoms with E-state index in [-0.39, 0.29) is 5.91 Å². The van der Waals surface area contributed by atoms with Gasteiger partial charge >= 0.3 is 0 Å². The molecule has 3 heteroatoms. The molecule has 1 amide bonds. The van der Waals surface area contributed by atoms with Crippen LogP contribution in [-0.2, 0) is 4.79 Å². The van der Waals surface area contributed by atoms with Crippen LogP contribution in [0.25, 0.3) is 0 Å². The van der Waals surface area contributed by atoms with Crippen LogP contribution < -0.4 is 5.43 Å². The van der Waals surface area contributed by atoms with Crippen molar-refractivity contribution < 1.29 is 4.79 Å². The first-order valence-corrected chi connectivity index (χ1v) is 5.47. The first-order valence-electron chi connectivity index (χ1n) is 5.47. The average Bonchev–Trinajstić information content (AvgIpc) is 2.74. The number of hydrogen-bond donors (Lipinski definition) is 1. The number of amides is 1. The molecule has 2 rings (SSSR count). The smallest absolute Gasteiger partial charge is 0.236 e. The maximum atomic E-state index is 10.7. The zero-order chi connectivity index (χ0) is 10.1. The van der Waals surface area contributed by atoms with Gasteiger partial charge in [0.05, 0.1) is 0 Å². The summed E-state index contributed by atoms with van der Waals surface area (Å²) in [4.78, 5) is 10.7. The molecule has 0 unspecified atom stereocenters. The van der Waals surface area contributed by atoms with Crippen molar-refractivity contribution in [3.63, 3.8) is 0 Å². The number of nitrogens with one attached hydrogen (secondary N) is 1. The summed E-state index contributed by atoms with van der Waals surface area (Å²) in [7, 11) is 0. The quantitative estimate of drug-likeness (QED) is 0.529. The number of rotatable bonds is 2. The van der Waals surface area contributed by atoms with E-state index in [2.05, 4.69) is 10.5 Å². The summed E-state index contributed by atoms with van der Waals surface area (Å²) in [6, 6.07) is 0. The Bertz CT molecular complexity index is 272. The summed E-state index contributed by atoms with van der Waals surface area (Å²) in [5.41, 5.74) is 3.65. The fraction of sp³-hybridized carbons (Fsp3) is 0.818. The van der Waals surface area contributed by atoms with E-state index in [1.165, 1.54) is 32.6 Å². The van der Waals surface area contributed by atoms with Gasteiger partial charge in [0, 0.05) is 18.6 Å². The van der Waals surface area contributed by atoms with Crippen LogP contribution in [0.5, 0.6) is 0 Å². The lowest BCUT2D eigenvalue weighted by Gasteiger charge is -2.20. The number of carbonyl (C=O) groups excluding carboxylic acids is 1. The summed E-state index contributed by atoms with van der Waals surface area (Å²) in [6.07, 6.45) is 5.45. The molecule has 3 nitrogen and oxygen atoms in total. The number of nitrogens with zero attached hydrogens (tertiary/aromatic N) is 1. The van der Waals surface area contributed by atoms with Gasteiger partial charge in [-0.1, -0.05) is 6.42 Å². The maximum Gasteiger partial charge on any atom is 0.236 e. The van der Waals surface area contributed by atoms with Crippen LogP contribution in [0.15, 0.2) is 5.10 Å². The summed E-state index contributed by atoms with van der Waals surface area (Å²) in [5, 5.41) is 4.14. The van der Waals surface area contributed by atoms with Crippen LogP contribution in [0.1, 0.15) is 39.5 Å². The van der Waals surface area contributed by atoms with Crippen molar-refractivity contribution in [3.8, 4) is 0 Å². The van der Waals surface area contributed by atoms with Crippen LogP contribution in [0.2, 0.25) is 0 Å². The molecule has 78 valence electrons. The highest BCUT2D eigenvalue weighted by molar-refractivity contribution is 5.86. The van der Waals surface area contributed by atoms with Crippen LogP contribution in [0, 0.1) is 17.8 Å². The molecule has 2 aliphatic rings. The Labute approximate surface area is 85.0 Å². The minimum Gasteiger partial charge on any atom is -0.274 e. The van der Waals surface area contributed by atoms with Gasteiger partial charge < -0.3 is 0 Å². The first-order chi connectivity index (χ1) is 6.66. The minimum atomic E-state index is -0.0764. The highest BCUT2D eigenvalue weighted by atomic mass is 16.2. The van der Waals surface area contributed by atoms with Crippen LogP contribution in [0.4, 0.5) is 0 Å². The Morgan fingerprint density at radius 3 is 2.57 bits per heavy atom. The molecule has 2 saturated carbocycles. The molecule has 0 aromatic heterocycles. The predicted molar refractivity (Wildman–Crippen MR) is 55.9 cm³/mol. The Morgan fingerprint density at radius 1 is 1.29 bits per heavy atom. The SMILES string of the molecule is CC(=O)N/N=C(/C)[C@@H]1C[C@H]2CC[C@H]1C2. The number of hydrazone groups is 1. The third kappa shape index (κ3) is 1.81. The second-order valence-corrected chi connectivity index (χ2v) is 4.70. The summed E-state index contributed by atoms with van der Waals surface area (Å²) in [5.74, 6) is 2.35. The van der Waals surface area contributed by atoms with Gasteiger partial charge in [-0.25, -0.2) is 5.43 Å². The number of hydrogen-bond acceptors (Lipinski definition) is 2. The summed E-state index contributed by atoms with van der Waals surface area (Å²) in [6.45, 7) is 3.54. The van der Waals surface area contributed by atoms with Crippen LogP contribution in [0.3, 0.4) is 0 Å². The highest BCUT2D eigenvalue weighted by Crippen LogP contribution is 2.48. The molecule has 0 heterocycles. The zero-order valence-electron chi connectivity index (χ0n) is 8.92. The van der Waals surface area contributed by atoms with E-state index in [0.717, 1.165) is 17.5 Å². The Balaban J connectivity index is 1.95. The van der Waals surface area contributed by atoms with Gasteiger partial charge in [-0.3, -0.25) is 4.79 Å². The zero-order valence-corrected chi connectivity index (χ0v) is 8.92. The van der Waals surface area contributed by atoms with Gasteiger partial charge in [0.15, 0.2) is 0 Å². The second kappa shape index (κ2) is 3.71. The Hall–Kier alpha value is -0.860. The number of carbonyl (C=O) groups is 1. The van der Waals surface area contributed by atoms with Crippen molar-refractivity contribution in [2.24, 2.45) is 22.9 Å². The number of fused-ring (bicyclic) bond motifs is 2. The van der Waals surface area contributed by atoms with E-state index in [9.17, 15) is 4.79 Å². The summed E-state index contributed by atoms with van der Waals surface area (Å²) >= 11 is 0. The van der Waals surface area contributed by atoms with Crippen molar-refractivity contribution in [3.05, 3.63) is 0 Å². The molecular weight excluding hydrogens is 176 g/mol. The molecule has 3 atom stereocenters. The monoisotopic (exact) mass is 194 g/mol. The molecule has 0 aliphatic heterocycles. The van der Waals surface area contributed by atoms with E-state index in [1.54, 1.807) is 0 Å². The molecule has 0 saturated heterocycles. The first kappa shape index (κ1) is 9.69. The Morgan fingerprint density at radius 2 is 2.07 bits per heavy atom. The standard InChI is InChI=1S/C11H18N2O/c1-7(12-13-8(2)14)11-6-9-3-4-10(11)5-9/h9-11H,3-6H2,1-2H3,(H,13,14)/b12-7-/t9-,10-,11-/m0/s1. The van der Waals surface area contributed by atoms with E-state index in [1.807, 2.05) is 6.92 Å². The molecule has 0 aromatic rings.